The van der Waals surface area contributed by atoms with Gasteiger partial charge in [-0.25, -0.2) is 4.57 Å². The number of aliphatic hydroxyl groups excluding tert-OH is 1. The van der Waals surface area contributed by atoms with Crippen molar-refractivity contribution in [2.45, 2.75) is 277 Å². The molecule has 0 aromatic rings. The van der Waals surface area contributed by atoms with Gasteiger partial charge in [0, 0.05) is 19.3 Å². The Kier molecular flexibility index (Phi) is 53.8. The summed E-state index contributed by atoms with van der Waals surface area (Å²) in [6, 6.07) is 0. The molecule has 3 atom stereocenters. The van der Waals surface area contributed by atoms with Crippen molar-refractivity contribution in [3.63, 3.8) is 0 Å². The summed E-state index contributed by atoms with van der Waals surface area (Å²) in [5.41, 5.74) is 0. The van der Waals surface area contributed by atoms with Crippen molar-refractivity contribution in [2.75, 3.05) is 26.4 Å². The van der Waals surface area contributed by atoms with Crippen LogP contribution in [0.1, 0.15) is 265 Å². The van der Waals surface area contributed by atoms with E-state index in [2.05, 4.69) is 93.7 Å². The Morgan fingerprint density at radius 2 is 0.703 bits per heavy atom. The van der Waals surface area contributed by atoms with Crippen LogP contribution in [-0.2, 0) is 42.2 Å². The topological polar surface area (TPSA) is 155 Å². The Labute approximate surface area is 452 Å². The number of phosphoric ester groups is 1. The minimum absolute atomic E-state index is 0.147. The fraction of sp³-hybridized carbons (Fsp3) is 0.758. The van der Waals surface area contributed by atoms with Crippen LogP contribution in [-0.4, -0.2) is 66.5 Å². The molecule has 0 aliphatic heterocycles. The van der Waals surface area contributed by atoms with Gasteiger partial charge >= 0.3 is 25.7 Å². The van der Waals surface area contributed by atoms with Crippen LogP contribution in [0.4, 0.5) is 0 Å². The highest BCUT2D eigenvalue weighted by molar-refractivity contribution is 7.47. The van der Waals surface area contributed by atoms with Crippen LogP contribution in [0.15, 0.2) is 72.9 Å². The fourth-order valence-electron chi connectivity index (χ4n) is 8.04. The van der Waals surface area contributed by atoms with Crippen LogP contribution in [0.2, 0.25) is 0 Å². The molecule has 0 fully saturated rings. The quantitative estimate of drug-likeness (QED) is 0.0197. The van der Waals surface area contributed by atoms with Gasteiger partial charge in [-0.05, 0) is 109 Å². The van der Waals surface area contributed by atoms with Crippen molar-refractivity contribution in [3.8, 4) is 0 Å². The zero-order chi connectivity index (χ0) is 54.1. The summed E-state index contributed by atoms with van der Waals surface area (Å²) >= 11 is 0. The van der Waals surface area contributed by atoms with Gasteiger partial charge in [0.15, 0.2) is 6.10 Å². The lowest BCUT2D eigenvalue weighted by atomic mass is 10.1. The maximum absolute atomic E-state index is 12.9. The molecule has 0 bridgehead atoms. The Hall–Kier alpha value is -3.08. The van der Waals surface area contributed by atoms with E-state index in [-0.39, 0.29) is 25.9 Å². The Morgan fingerprint density at radius 1 is 0.392 bits per heavy atom. The molecule has 74 heavy (non-hydrogen) atoms. The van der Waals surface area contributed by atoms with Crippen LogP contribution >= 0.6 is 7.82 Å². The normalized spacial score (nSPS) is 13.9. The third kappa shape index (κ3) is 53.7. The molecule has 0 heterocycles. The first-order valence-electron chi connectivity index (χ1n) is 29.8. The molecule has 2 N–H and O–H groups in total. The van der Waals surface area contributed by atoms with E-state index in [4.69, 9.17) is 23.3 Å². The number of carbonyl (C=O) groups is 3. The first-order valence-corrected chi connectivity index (χ1v) is 31.3. The summed E-state index contributed by atoms with van der Waals surface area (Å²) in [5, 5.41) is 9.82. The Bertz CT molecular complexity index is 1520. The van der Waals surface area contributed by atoms with E-state index >= 15 is 0 Å². The molecule has 0 radical (unpaired) electrons. The third-order valence-electron chi connectivity index (χ3n) is 12.6. The van der Waals surface area contributed by atoms with E-state index in [9.17, 15) is 28.9 Å². The highest BCUT2D eigenvalue weighted by atomic mass is 31.2. The number of aliphatic hydroxyl groups is 1. The number of phosphoric acid groups is 1. The fourth-order valence-corrected chi connectivity index (χ4v) is 8.83. The second kappa shape index (κ2) is 56.1. The van der Waals surface area contributed by atoms with Gasteiger partial charge in [-0.2, -0.15) is 0 Å². The molecule has 0 aromatic heterocycles. The maximum Gasteiger partial charge on any atom is 0.472 e. The average molecular weight is 1060 g/mol. The van der Waals surface area contributed by atoms with E-state index in [0.29, 0.717) is 19.3 Å². The second-order valence-electron chi connectivity index (χ2n) is 19.8. The summed E-state index contributed by atoms with van der Waals surface area (Å²) < 4.78 is 39.5. The second-order valence-corrected chi connectivity index (χ2v) is 21.2. The molecule has 0 saturated carbocycles. The first-order chi connectivity index (χ1) is 36.2. The molecule has 0 amide bonds. The number of ether oxygens (including phenoxy) is 3. The first kappa shape index (κ1) is 70.9. The van der Waals surface area contributed by atoms with Crippen molar-refractivity contribution in [2.24, 2.45) is 0 Å². The highest BCUT2D eigenvalue weighted by Gasteiger charge is 2.28. The zero-order valence-corrected chi connectivity index (χ0v) is 48.2. The monoisotopic (exact) mass is 1060 g/mol. The van der Waals surface area contributed by atoms with Crippen molar-refractivity contribution >= 4 is 25.7 Å². The molecule has 0 rings (SSSR count). The van der Waals surface area contributed by atoms with Gasteiger partial charge < -0.3 is 24.2 Å². The highest BCUT2D eigenvalue weighted by Crippen LogP contribution is 2.43. The summed E-state index contributed by atoms with van der Waals surface area (Å²) in [6.07, 6.45) is 62.8. The Morgan fingerprint density at radius 3 is 1.12 bits per heavy atom. The molecule has 3 unspecified atom stereocenters. The van der Waals surface area contributed by atoms with Gasteiger partial charge in [-0.15, -0.1) is 0 Å². The van der Waals surface area contributed by atoms with E-state index < -0.39 is 57.8 Å². The smallest absolute Gasteiger partial charge is 0.462 e. The van der Waals surface area contributed by atoms with Gasteiger partial charge in [0.05, 0.1) is 19.8 Å². The molecule has 0 spiro atoms. The number of esters is 3. The van der Waals surface area contributed by atoms with Crippen molar-refractivity contribution < 1.29 is 52.2 Å². The molecule has 0 saturated heterocycles. The van der Waals surface area contributed by atoms with Crippen molar-refractivity contribution in [3.05, 3.63) is 72.9 Å². The van der Waals surface area contributed by atoms with Gasteiger partial charge in [0.1, 0.15) is 12.7 Å². The molecule has 428 valence electrons. The molecule has 0 aromatic carbocycles. The molecule has 11 nitrogen and oxygen atoms in total. The van der Waals surface area contributed by atoms with Gasteiger partial charge in [0.25, 0.3) is 0 Å². The number of hydrogen-bond donors (Lipinski definition) is 2. The van der Waals surface area contributed by atoms with Crippen molar-refractivity contribution in [1.82, 2.24) is 0 Å². The summed E-state index contributed by atoms with van der Waals surface area (Å²) in [6.45, 7) is 4.49. The predicted octanol–water partition coefficient (Wildman–Crippen LogP) is 17.7. The predicted molar refractivity (Wildman–Crippen MR) is 307 cm³/mol. The van der Waals surface area contributed by atoms with Crippen LogP contribution in [0.25, 0.3) is 0 Å². The number of allylic oxidation sites excluding steroid dienone is 12. The minimum atomic E-state index is -4.76. The minimum Gasteiger partial charge on any atom is -0.462 e. The lowest BCUT2D eigenvalue weighted by Gasteiger charge is -2.21. The lowest BCUT2D eigenvalue weighted by molar-refractivity contribution is -0.161. The summed E-state index contributed by atoms with van der Waals surface area (Å²) in [4.78, 5) is 48.6. The van der Waals surface area contributed by atoms with E-state index in [0.717, 1.165) is 135 Å². The van der Waals surface area contributed by atoms with E-state index in [1.165, 1.54) is 70.6 Å². The number of rotatable bonds is 55. The molecular formula is C62H109O11P. The number of carbonyl (C=O) groups excluding carboxylic acids is 3. The number of unbranched alkanes of at least 4 members (excludes halogenated alkanes) is 26. The lowest BCUT2D eigenvalue weighted by Crippen LogP contribution is -2.30. The largest absolute Gasteiger partial charge is 0.472 e. The molecule has 0 aliphatic carbocycles. The average Bonchev–Trinajstić information content (AvgIpc) is 3.39. The standard InChI is InChI=1S/C62H109O11P/c1-4-7-10-13-16-19-22-25-28-29-32-33-36-39-42-45-48-51-60(64)69-55-59(73-62(66)53-50-47-44-41-38-35-31-27-24-21-18-15-12-9-6-3)57-71-74(67,68)70-56-58(54-63)72-61(65)52-49-46-43-40-37-34-30-26-23-20-17-14-11-8-5-2/h7,10,16,18-19,21,25-28,30-31,58-59,63H,4-6,8-9,11-15,17,20,22-24,29,32-57H2,1-3H3,(H,67,68)/b10-7-,19-16-,21-18-,28-25-,30-26-,31-27-. The maximum atomic E-state index is 12.9. The summed E-state index contributed by atoms with van der Waals surface area (Å²) in [5.74, 6) is -1.50. The van der Waals surface area contributed by atoms with Crippen molar-refractivity contribution in [1.29, 1.82) is 0 Å². The van der Waals surface area contributed by atoms with Gasteiger partial charge in [0.2, 0.25) is 0 Å². The van der Waals surface area contributed by atoms with Crippen LogP contribution in [0.3, 0.4) is 0 Å². The third-order valence-corrected chi connectivity index (χ3v) is 13.5. The van der Waals surface area contributed by atoms with Gasteiger partial charge in [-0.1, -0.05) is 209 Å². The Balaban J connectivity index is 4.74. The van der Waals surface area contributed by atoms with Crippen LogP contribution < -0.4 is 0 Å². The van der Waals surface area contributed by atoms with Gasteiger partial charge in [-0.3, -0.25) is 23.4 Å². The van der Waals surface area contributed by atoms with E-state index in [1.54, 1.807) is 0 Å². The molecule has 12 heteroatoms. The van der Waals surface area contributed by atoms with E-state index in [1.807, 2.05) is 0 Å². The van der Waals surface area contributed by atoms with Crippen LogP contribution in [0.5, 0.6) is 0 Å². The van der Waals surface area contributed by atoms with Crippen LogP contribution in [0, 0.1) is 0 Å². The number of hydrogen-bond acceptors (Lipinski definition) is 10. The summed E-state index contributed by atoms with van der Waals surface area (Å²) in [7, 11) is -4.76. The molecular weight excluding hydrogens is 952 g/mol. The zero-order valence-electron chi connectivity index (χ0n) is 47.3. The molecule has 0 aliphatic rings. The SMILES string of the molecule is CC/C=C\C/C=C\C/C=C\CCCCCCCCCC(=O)OCC(COP(=O)(O)OCC(CO)OC(=O)CCCCCCC/C=C\CCCCCCCC)OC(=O)CCCCCCC/C=C\C/C=C\CCCCC.